The number of aryl methyl sites for hydroxylation is 1. The van der Waals surface area contributed by atoms with Gasteiger partial charge in [0.2, 0.25) is 0 Å². The minimum atomic E-state index is 0.303. The topological polar surface area (TPSA) is 28.2 Å². The van der Waals surface area contributed by atoms with Gasteiger partial charge in [-0.25, -0.2) is 4.98 Å². The molecule has 1 unspecified atom stereocenters. The van der Waals surface area contributed by atoms with E-state index in [1.165, 1.54) is 42.1 Å². The summed E-state index contributed by atoms with van der Waals surface area (Å²) < 4.78 is 0. The first-order valence-corrected chi connectivity index (χ1v) is 8.59. The van der Waals surface area contributed by atoms with Crippen LogP contribution in [0.5, 0.6) is 0 Å². The van der Waals surface area contributed by atoms with Crippen molar-refractivity contribution in [3.63, 3.8) is 0 Å². The summed E-state index contributed by atoms with van der Waals surface area (Å²) in [6, 6.07) is 8.99. The Kier molecular flexibility index (Phi) is 4.56. The van der Waals surface area contributed by atoms with Crippen molar-refractivity contribution in [3.05, 3.63) is 45.9 Å². The van der Waals surface area contributed by atoms with Gasteiger partial charge in [-0.1, -0.05) is 18.2 Å². The maximum Gasteiger partial charge on any atom is 0.0798 e. The first kappa shape index (κ1) is 14.5. The predicted molar refractivity (Wildman–Crippen MR) is 89.8 cm³/mol. The number of anilines is 1. The number of benzene rings is 1. The van der Waals surface area contributed by atoms with E-state index < -0.39 is 0 Å². The number of hydrogen-bond donors (Lipinski definition) is 1. The molecule has 1 fully saturated rings. The second kappa shape index (κ2) is 6.58. The fourth-order valence-electron chi connectivity index (χ4n) is 3.01. The van der Waals surface area contributed by atoms with Crippen LogP contribution in [-0.4, -0.2) is 23.0 Å². The van der Waals surface area contributed by atoms with Crippen LogP contribution >= 0.6 is 11.3 Å². The van der Waals surface area contributed by atoms with Gasteiger partial charge < -0.3 is 5.32 Å². The number of aromatic nitrogens is 1. The van der Waals surface area contributed by atoms with Gasteiger partial charge in [-0.2, -0.15) is 0 Å². The average Bonchev–Trinajstić information content (AvgIpc) is 3.12. The Morgan fingerprint density at radius 3 is 2.76 bits per heavy atom. The number of hydrogen-bond acceptors (Lipinski definition) is 4. The Bertz CT molecular complexity index is 587. The molecule has 3 rings (SSSR count). The summed E-state index contributed by atoms with van der Waals surface area (Å²) in [5.41, 5.74) is 5.72. The van der Waals surface area contributed by atoms with Crippen molar-refractivity contribution >= 4 is 17.0 Å². The maximum absolute atomic E-state index is 4.36. The van der Waals surface area contributed by atoms with Crippen LogP contribution in [0.3, 0.4) is 0 Å². The second-order valence-electron chi connectivity index (χ2n) is 5.81. The first-order valence-electron chi connectivity index (χ1n) is 7.71. The summed E-state index contributed by atoms with van der Waals surface area (Å²) in [5, 5.41) is 3.67. The molecule has 1 saturated heterocycles. The summed E-state index contributed by atoms with van der Waals surface area (Å²) in [6.45, 7) is 7.82. The SMILES string of the molecule is Cc1ncsc1C(C)Nc1ccccc1CN1CCCC1. The number of thiazole rings is 1. The van der Waals surface area contributed by atoms with Crippen LogP contribution in [0.15, 0.2) is 29.8 Å². The molecular weight excluding hydrogens is 278 g/mol. The lowest BCUT2D eigenvalue weighted by atomic mass is 10.1. The normalized spacial score (nSPS) is 17.0. The van der Waals surface area contributed by atoms with Crippen LogP contribution in [-0.2, 0) is 6.54 Å². The van der Waals surface area contributed by atoms with Crippen LogP contribution in [0, 0.1) is 6.92 Å². The lowest BCUT2D eigenvalue weighted by molar-refractivity contribution is 0.332. The van der Waals surface area contributed by atoms with E-state index in [1.54, 1.807) is 11.3 Å². The monoisotopic (exact) mass is 301 g/mol. The summed E-state index contributed by atoms with van der Waals surface area (Å²) >= 11 is 1.73. The number of nitrogens with one attached hydrogen (secondary N) is 1. The van der Waals surface area contributed by atoms with E-state index in [2.05, 4.69) is 53.3 Å². The molecule has 1 aromatic heterocycles. The molecule has 0 spiro atoms. The minimum Gasteiger partial charge on any atom is -0.377 e. The van der Waals surface area contributed by atoms with Crippen LogP contribution in [0.4, 0.5) is 5.69 Å². The molecule has 3 nitrogen and oxygen atoms in total. The van der Waals surface area contributed by atoms with Gasteiger partial charge in [-0.3, -0.25) is 4.90 Å². The van der Waals surface area contributed by atoms with Crippen LogP contribution in [0.25, 0.3) is 0 Å². The predicted octanol–water partition coefficient (Wildman–Crippen LogP) is 4.22. The molecule has 1 N–H and O–H groups in total. The van der Waals surface area contributed by atoms with Crippen molar-refractivity contribution in [3.8, 4) is 0 Å². The molecule has 1 aliphatic rings. The first-order chi connectivity index (χ1) is 10.2. The van der Waals surface area contributed by atoms with Crippen molar-refractivity contribution in [2.75, 3.05) is 18.4 Å². The molecule has 0 radical (unpaired) electrons. The van der Waals surface area contributed by atoms with Gasteiger partial charge in [0.1, 0.15) is 0 Å². The zero-order valence-electron chi connectivity index (χ0n) is 12.8. The third kappa shape index (κ3) is 3.44. The standard InChI is InChI=1S/C17H23N3S/c1-13-17(21-12-18-13)14(2)19-16-8-4-3-7-15(16)11-20-9-5-6-10-20/h3-4,7-8,12,14,19H,5-6,9-11H2,1-2H3. The van der Waals surface area contributed by atoms with Crippen LogP contribution < -0.4 is 5.32 Å². The number of likely N-dealkylation sites (tertiary alicyclic amines) is 1. The molecular formula is C17H23N3S. The Morgan fingerprint density at radius 1 is 1.29 bits per heavy atom. The van der Waals surface area contributed by atoms with E-state index >= 15 is 0 Å². The zero-order valence-corrected chi connectivity index (χ0v) is 13.6. The van der Waals surface area contributed by atoms with E-state index in [-0.39, 0.29) is 0 Å². The highest BCUT2D eigenvalue weighted by molar-refractivity contribution is 7.09. The van der Waals surface area contributed by atoms with E-state index in [9.17, 15) is 0 Å². The van der Waals surface area contributed by atoms with Gasteiger partial charge in [-0.05, 0) is 51.4 Å². The third-order valence-electron chi connectivity index (χ3n) is 4.16. The van der Waals surface area contributed by atoms with Gasteiger partial charge in [0.15, 0.2) is 0 Å². The Labute approximate surface area is 131 Å². The Balaban J connectivity index is 1.74. The summed E-state index contributed by atoms with van der Waals surface area (Å²) in [4.78, 5) is 8.22. The number of para-hydroxylation sites is 1. The second-order valence-corrected chi connectivity index (χ2v) is 6.69. The highest BCUT2D eigenvalue weighted by Crippen LogP contribution is 2.27. The number of rotatable bonds is 5. The van der Waals surface area contributed by atoms with E-state index in [0.29, 0.717) is 6.04 Å². The fraction of sp³-hybridized carbons (Fsp3) is 0.471. The van der Waals surface area contributed by atoms with Gasteiger partial charge in [0, 0.05) is 17.1 Å². The number of nitrogens with zero attached hydrogens (tertiary/aromatic N) is 2. The molecule has 21 heavy (non-hydrogen) atoms. The Morgan fingerprint density at radius 2 is 2.05 bits per heavy atom. The van der Waals surface area contributed by atoms with Gasteiger partial charge in [0.05, 0.1) is 17.2 Å². The van der Waals surface area contributed by atoms with Crippen molar-refractivity contribution in [2.24, 2.45) is 0 Å². The van der Waals surface area contributed by atoms with E-state index in [4.69, 9.17) is 0 Å². The smallest absolute Gasteiger partial charge is 0.0798 e. The van der Waals surface area contributed by atoms with E-state index in [0.717, 1.165) is 12.2 Å². The van der Waals surface area contributed by atoms with Crippen LogP contribution in [0.2, 0.25) is 0 Å². The molecule has 4 heteroatoms. The van der Waals surface area contributed by atoms with Gasteiger partial charge in [0.25, 0.3) is 0 Å². The molecule has 0 amide bonds. The minimum absolute atomic E-state index is 0.303. The largest absolute Gasteiger partial charge is 0.377 e. The van der Waals surface area contributed by atoms with Crippen molar-refractivity contribution in [1.82, 2.24) is 9.88 Å². The molecule has 0 bridgehead atoms. The van der Waals surface area contributed by atoms with Gasteiger partial charge >= 0.3 is 0 Å². The molecule has 1 aromatic carbocycles. The summed E-state index contributed by atoms with van der Waals surface area (Å²) in [6.07, 6.45) is 2.68. The molecule has 2 heterocycles. The quantitative estimate of drug-likeness (QED) is 0.896. The van der Waals surface area contributed by atoms with Crippen molar-refractivity contribution < 1.29 is 0 Å². The van der Waals surface area contributed by atoms with Crippen molar-refractivity contribution in [2.45, 2.75) is 39.3 Å². The molecule has 0 aliphatic carbocycles. The maximum atomic E-state index is 4.36. The Hall–Kier alpha value is -1.39. The molecule has 0 saturated carbocycles. The molecule has 2 aromatic rings. The fourth-order valence-corrected chi connectivity index (χ4v) is 3.82. The molecule has 1 atom stereocenters. The van der Waals surface area contributed by atoms with Gasteiger partial charge in [-0.15, -0.1) is 11.3 Å². The lowest BCUT2D eigenvalue weighted by Gasteiger charge is -2.21. The molecule has 112 valence electrons. The van der Waals surface area contributed by atoms with Crippen LogP contribution in [0.1, 0.15) is 41.9 Å². The van der Waals surface area contributed by atoms with E-state index in [1.807, 2.05) is 5.51 Å². The van der Waals surface area contributed by atoms with Crippen molar-refractivity contribution in [1.29, 1.82) is 0 Å². The summed E-state index contributed by atoms with van der Waals surface area (Å²) in [7, 11) is 0. The highest BCUT2D eigenvalue weighted by atomic mass is 32.1. The lowest BCUT2D eigenvalue weighted by Crippen LogP contribution is -2.19. The average molecular weight is 301 g/mol. The highest BCUT2D eigenvalue weighted by Gasteiger charge is 2.16. The molecule has 1 aliphatic heterocycles. The summed E-state index contributed by atoms with van der Waals surface area (Å²) in [5.74, 6) is 0. The third-order valence-corrected chi connectivity index (χ3v) is 5.27. The zero-order chi connectivity index (χ0) is 14.7.